The molecule has 0 aliphatic carbocycles. The van der Waals surface area contributed by atoms with Gasteiger partial charge in [-0.1, -0.05) is 26.8 Å². The molecular formula is C31H44N2O6. The van der Waals surface area contributed by atoms with E-state index in [1.54, 1.807) is 20.3 Å². The molecule has 0 aromatic heterocycles. The van der Waals surface area contributed by atoms with Gasteiger partial charge in [0.25, 0.3) is 0 Å². The highest BCUT2D eigenvalue weighted by Gasteiger charge is 2.37. The second-order valence-corrected chi connectivity index (χ2v) is 10.6. The van der Waals surface area contributed by atoms with Crippen LogP contribution in [-0.4, -0.2) is 65.6 Å². The first-order valence-electron chi connectivity index (χ1n) is 13.5. The summed E-state index contributed by atoms with van der Waals surface area (Å²) in [5.74, 6) is 0.954. The number of carbonyl (C=O) groups is 1. The van der Waals surface area contributed by atoms with Crippen LogP contribution in [0.1, 0.15) is 61.5 Å². The van der Waals surface area contributed by atoms with Gasteiger partial charge in [-0.2, -0.15) is 5.26 Å². The first kappa shape index (κ1) is 31.8. The van der Waals surface area contributed by atoms with E-state index in [1.807, 2.05) is 18.2 Å². The van der Waals surface area contributed by atoms with E-state index in [2.05, 4.69) is 33.9 Å². The second kappa shape index (κ2) is 14.1. The van der Waals surface area contributed by atoms with E-state index in [0.29, 0.717) is 41.4 Å². The summed E-state index contributed by atoms with van der Waals surface area (Å²) < 4.78 is 22.4. The lowest BCUT2D eigenvalue weighted by atomic mass is 9.69. The van der Waals surface area contributed by atoms with Crippen molar-refractivity contribution in [2.75, 3.05) is 55.1 Å². The smallest absolute Gasteiger partial charge is 0.161 e. The number of methoxy groups -OCH3 is 4. The highest BCUT2D eigenvalue weighted by atomic mass is 16.5. The maximum Gasteiger partial charge on any atom is 0.161 e. The Hall–Kier alpha value is -3.44. The molecule has 0 amide bonds. The Labute approximate surface area is 233 Å². The Bertz CT molecular complexity index is 1160. The summed E-state index contributed by atoms with van der Waals surface area (Å²) in [6.07, 6.45) is 3.05. The Kier molecular flexibility index (Phi) is 11.5. The van der Waals surface area contributed by atoms with Crippen molar-refractivity contribution in [1.29, 1.82) is 5.26 Å². The lowest BCUT2D eigenvalue weighted by Crippen LogP contribution is -2.47. The van der Waals surface area contributed by atoms with Crippen LogP contribution < -0.4 is 24.1 Å². The zero-order chi connectivity index (χ0) is 29.2. The van der Waals surface area contributed by atoms with Gasteiger partial charge in [-0.25, -0.2) is 0 Å². The van der Waals surface area contributed by atoms with E-state index < -0.39 is 11.4 Å². The van der Waals surface area contributed by atoms with Gasteiger partial charge in [-0.15, -0.1) is 0 Å². The molecule has 2 atom stereocenters. The number of hydrogen-bond donors (Lipinski definition) is 0. The van der Waals surface area contributed by atoms with E-state index >= 15 is 0 Å². The summed E-state index contributed by atoms with van der Waals surface area (Å²) in [7, 11) is 8.41. The monoisotopic (exact) mass is 540 g/mol. The van der Waals surface area contributed by atoms with Crippen LogP contribution in [0.15, 0.2) is 30.3 Å². The van der Waals surface area contributed by atoms with Crippen molar-refractivity contribution < 1.29 is 33.3 Å². The van der Waals surface area contributed by atoms with Crippen molar-refractivity contribution in [2.45, 2.75) is 51.9 Å². The SMILES string of the molecule is CCC[N+](C)(CCCC(C#N)(c1ccc(OC)c(OC)c1)C(C)C)CCc1cc(OC)c(OC)cc1C(=O)[O-]. The molecule has 214 valence electrons. The Morgan fingerprint density at radius 1 is 0.949 bits per heavy atom. The molecule has 39 heavy (non-hydrogen) atoms. The van der Waals surface area contributed by atoms with Gasteiger partial charge in [0.05, 0.1) is 72.6 Å². The molecule has 0 fully saturated rings. The molecule has 2 aromatic carbocycles. The average molecular weight is 541 g/mol. The number of carboxylic acids is 1. The molecule has 0 aliphatic heterocycles. The molecule has 0 radical (unpaired) electrons. The van der Waals surface area contributed by atoms with Gasteiger partial charge in [0.15, 0.2) is 23.0 Å². The van der Waals surface area contributed by atoms with Crippen LogP contribution in [0, 0.1) is 17.2 Å². The maximum atomic E-state index is 11.9. The van der Waals surface area contributed by atoms with E-state index in [1.165, 1.54) is 20.3 Å². The summed E-state index contributed by atoms with van der Waals surface area (Å²) in [5, 5.41) is 22.3. The summed E-state index contributed by atoms with van der Waals surface area (Å²) in [5.41, 5.74) is 1.02. The molecule has 0 aliphatic rings. The third-order valence-corrected chi connectivity index (χ3v) is 7.87. The van der Waals surface area contributed by atoms with Gasteiger partial charge in [-0.3, -0.25) is 0 Å². The fourth-order valence-corrected chi connectivity index (χ4v) is 5.45. The molecule has 0 saturated heterocycles. The van der Waals surface area contributed by atoms with E-state index in [0.717, 1.165) is 42.5 Å². The van der Waals surface area contributed by atoms with Crippen LogP contribution in [0.4, 0.5) is 0 Å². The van der Waals surface area contributed by atoms with E-state index in [9.17, 15) is 15.2 Å². The van der Waals surface area contributed by atoms with Crippen molar-refractivity contribution >= 4 is 5.97 Å². The summed E-state index contributed by atoms with van der Waals surface area (Å²) in [6, 6.07) is 11.6. The topological polar surface area (TPSA) is 101 Å². The van der Waals surface area contributed by atoms with Gasteiger partial charge in [0.2, 0.25) is 0 Å². The van der Waals surface area contributed by atoms with Crippen LogP contribution in [0.25, 0.3) is 0 Å². The number of rotatable bonds is 16. The Balaban J connectivity index is 2.28. The molecule has 8 nitrogen and oxygen atoms in total. The van der Waals surface area contributed by atoms with Gasteiger partial charge < -0.3 is 33.3 Å². The zero-order valence-electron chi connectivity index (χ0n) is 24.8. The molecule has 0 bridgehead atoms. The number of likely N-dealkylation sites (N-methyl/N-ethyl adjacent to an activating group) is 1. The number of carbonyl (C=O) groups excluding carboxylic acids is 1. The largest absolute Gasteiger partial charge is 0.545 e. The number of benzene rings is 2. The first-order valence-corrected chi connectivity index (χ1v) is 13.5. The summed E-state index contributed by atoms with van der Waals surface area (Å²) in [4.78, 5) is 11.9. The lowest BCUT2D eigenvalue weighted by Gasteiger charge is -2.37. The molecule has 2 unspecified atom stereocenters. The number of carboxylic acid groups (broad SMARTS) is 1. The number of nitrogens with zero attached hydrogens (tertiary/aromatic N) is 2. The molecule has 0 saturated carbocycles. The predicted molar refractivity (Wildman–Crippen MR) is 150 cm³/mol. The normalized spacial score (nSPS) is 14.2. The molecule has 0 heterocycles. The van der Waals surface area contributed by atoms with Gasteiger partial charge in [-0.05, 0) is 60.6 Å². The van der Waals surface area contributed by atoms with Gasteiger partial charge in [0, 0.05) is 12.0 Å². The van der Waals surface area contributed by atoms with Crippen LogP contribution in [-0.2, 0) is 11.8 Å². The number of quaternary nitrogens is 1. The molecule has 0 N–H and O–H groups in total. The highest BCUT2D eigenvalue weighted by Crippen LogP contribution is 2.40. The highest BCUT2D eigenvalue weighted by molar-refractivity contribution is 5.88. The van der Waals surface area contributed by atoms with E-state index in [-0.39, 0.29) is 11.5 Å². The maximum absolute atomic E-state index is 11.9. The van der Waals surface area contributed by atoms with Crippen molar-refractivity contribution in [3.05, 3.63) is 47.0 Å². The number of hydrogen-bond acceptors (Lipinski definition) is 7. The standard InChI is InChI=1S/C31H44N2O6/c1-9-15-33(4,17-13-23-18-27(37-6)29(39-8)20-25(23)30(34)35)16-10-14-31(21-32,22(2)3)24-11-12-26(36-5)28(19-24)38-7/h11-12,18-20,22H,9-10,13-17H2,1-8H3. The fraction of sp³-hybridized carbons (Fsp3) is 0.548. The molecule has 2 aromatic rings. The molecule has 8 heteroatoms. The van der Waals surface area contributed by atoms with Crippen LogP contribution in [0.5, 0.6) is 23.0 Å². The van der Waals surface area contributed by atoms with E-state index in [4.69, 9.17) is 18.9 Å². The average Bonchev–Trinajstić information content (AvgIpc) is 2.93. The molecule has 0 spiro atoms. The second-order valence-electron chi connectivity index (χ2n) is 10.6. The first-order chi connectivity index (χ1) is 18.5. The molecular weight excluding hydrogens is 496 g/mol. The minimum Gasteiger partial charge on any atom is -0.545 e. The predicted octanol–water partition coefficient (Wildman–Crippen LogP) is 4.38. The lowest BCUT2D eigenvalue weighted by molar-refractivity contribution is -0.909. The Morgan fingerprint density at radius 3 is 2.05 bits per heavy atom. The van der Waals surface area contributed by atoms with Gasteiger partial charge in [0.1, 0.15) is 0 Å². The quantitative estimate of drug-likeness (QED) is 0.291. The third-order valence-electron chi connectivity index (χ3n) is 7.87. The third kappa shape index (κ3) is 7.36. The number of nitriles is 1. The molecule has 2 rings (SSSR count). The van der Waals surface area contributed by atoms with Crippen molar-refractivity contribution in [3.63, 3.8) is 0 Å². The van der Waals surface area contributed by atoms with Crippen LogP contribution in [0.2, 0.25) is 0 Å². The summed E-state index contributed by atoms with van der Waals surface area (Å²) in [6.45, 7) is 8.84. The van der Waals surface area contributed by atoms with Crippen LogP contribution >= 0.6 is 0 Å². The Morgan fingerprint density at radius 2 is 1.54 bits per heavy atom. The minimum atomic E-state index is -1.23. The fourth-order valence-electron chi connectivity index (χ4n) is 5.45. The van der Waals surface area contributed by atoms with Crippen molar-refractivity contribution in [1.82, 2.24) is 0 Å². The number of aromatic carboxylic acids is 1. The minimum absolute atomic E-state index is 0.0860. The number of ether oxygens (including phenoxy) is 4. The van der Waals surface area contributed by atoms with Crippen molar-refractivity contribution in [3.8, 4) is 29.1 Å². The summed E-state index contributed by atoms with van der Waals surface area (Å²) >= 11 is 0. The zero-order valence-corrected chi connectivity index (χ0v) is 24.8. The van der Waals surface area contributed by atoms with Crippen molar-refractivity contribution in [2.24, 2.45) is 5.92 Å². The van der Waals surface area contributed by atoms with Crippen LogP contribution in [0.3, 0.4) is 0 Å². The van der Waals surface area contributed by atoms with Gasteiger partial charge >= 0.3 is 0 Å².